The lowest BCUT2D eigenvalue weighted by molar-refractivity contribution is -0.137. The lowest BCUT2D eigenvalue weighted by atomic mass is 10.1. The van der Waals surface area contributed by atoms with Crippen LogP contribution in [0, 0.1) is 20.8 Å². The second kappa shape index (κ2) is 8.31. The second-order valence-corrected chi connectivity index (χ2v) is 7.45. The predicted molar refractivity (Wildman–Crippen MR) is 110 cm³/mol. The first-order valence-electron chi connectivity index (χ1n) is 8.73. The zero-order valence-corrected chi connectivity index (χ0v) is 17.3. The third-order valence-electron chi connectivity index (χ3n) is 4.31. The minimum absolute atomic E-state index is 0.224. The van der Waals surface area contributed by atoms with Gasteiger partial charge in [-0.1, -0.05) is 17.4 Å². The van der Waals surface area contributed by atoms with Gasteiger partial charge in [0.05, 0.1) is 19.0 Å². The Kier molecular flexibility index (Phi) is 5.83. The Bertz CT molecular complexity index is 1070. The van der Waals surface area contributed by atoms with Gasteiger partial charge in [0.15, 0.2) is 10.9 Å². The van der Waals surface area contributed by atoms with Crippen LogP contribution >= 0.6 is 11.3 Å². The molecule has 3 N–H and O–H groups in total. The van der Waals surface area contributed by atoms with E-state index >= 15 is 0 Å². The highest BCUT2D eigenvalue weighted by Crippen LogP contribution is 2.30. The summed E-state index contributed by atoms with van der Waals surface area (Å²) in [5.74, 6) is -0.0869. The van der Waals surface area contributed by atoms with Gasteiger partial charge < -0.3 is 20.5 Å². The molecule has 1 aromatic carbocycles. The Labute approximate surface area is 171 Å². The van der Waals surface area contributed by atoms with E-state index in [9.17, 15) is 9.59 Å². The van der Waals surface area contributed by atoms with Crippen LogP contribution in [0.5, 0.6) is 5.75 Å². The molecule has 2 aromatic heterocycles. The fourth-order valence-electron chi connectivity index (χ4n) is 2.82. The molecule has 0 radical (unpaired) electrons. The van der Waals surface area contributed by atoms with Crippen molar-refractivity contribution >= 4 is 39.9 Å². The molecule has 3 rings (SSSR count). The number of hydrogen-bond acceptors (Lipinski definition) is 7. The lowest BCUT2D eigenvalue weighted by Gasteiger charge is -2.14. The summed E-state index contributed by atoms with van der Waals surface area (Å²) in [6, 6.07) is 5.46. The fraction of sp³-hybridized carbons (Fsp3) is 0.263. The van der Waals surface area contributed by atoms with Gasteiger partial charge in [0, 0.05) is 17.3 Å². The summed E-state index contributed by atoms with van der Waals surface area (Å²) in [6.45, 7) is 5.34. The molecule has 3 aromatic rings. The summed E-state index contributed by atoms with van der Waals surface area (Å²) in [4.78, 5) is 28.2. The van der Waals surface area contributed by atoms with Crippen molar-refractivity contribution in [2.75, 3.05) is 17.7 Å². The first kappa shape index (κ1) is 20.3. The maximum absolute atomic E-state index is 12.7. The number of rotatable bonds is 7. The highest BCUT2D eigenvalue weighted by Gasteiger charge is 2.16. The van der Waals surface area contributed by atoms with E-state index in [1.807, 2.05) is 26.0 Å². The third-order valence-corrected chi connectivity index (χ3v) is 5.22. The van der Waals surface area contributed by atoms with Gasteiger partial charge in [0.25, 0.3) is 5.91 Å². The van der Waals surface area contributed by atoms with Gasteiger partial charge >= 0.3 is 5.97 Å². The lowest BCUT2D eigenvalue weighted by Crippen LogP contribution is -2.12. The molecule has 0 aliphatic heterocycles. The molecule has 29 heavy (non-hydrogen) atoms. The summed E-state index contributed by atoms with van der Waals surface area (Å²) < 4.78 is 6.69. The number of thiazole rings is 1. The number of anilines is 3. The van der Waals surface area contributed by atoms with E-state index in [1.165, 1.54) is 22.2 Å². The number of nitrogens with one attached hydrogen (secondary N) is 2. The van der Waals surface area contributed by atoms with Crippen LogP contribution in [0.2, 0.25) is 0 Å². The van der Waals surface area contributed by atoms with Crippen molar-refractivity contribution in [3.8, 4) is 5.75 Å². The molecule has 0 fully saturated rings. The number of aliphatic carboxylic acids is 1. The van der Waals surface area contributed by atoms with Crippen LogP contribution in [0.3, 0.4) is 0 Å². The average molecular weight is 415 g/mol. The summed E-state index contributed by atoms with van der Waals surface area (Å²) >= 11 is 1.17. The second-order valence-electron chi connectivity index (χ2n) is 6.42. The Morgan fingerprint density at radius 3 is 2.72 bits per heavy atom. The Hall–Kier alpha value is -3.40. The molecule has 1 amide bonds. The molecule has 0 saturated heterocycles. The number of amides is 1. The average Bonchev–Trinajstić information content (AvgIpc) is 3.25. The van der Waals surface area contributed by atoms with Crippen LogP contribution in [-0.2, 0) is 11.3 Å². The number of aryl methyl sites for hydroxylation is 2. The van der Waals surface area contributed by atoms with Crippen molar-refractivity contribution in [2.45, 2.75) is 27.3 Å². The molecule has 2 heterocycles. The molecule has 0 aliphatic rings. The van der Waals surface area contributed by atoms with E-state index < -0.39 is 5.97 Å². The zero-order valence-electron chi connectivity index (χ0n) is 16.4. The minimum atomic E-state index is -0.973. The highest BCUT2D eigenvalue weighted by atomic mass is 32.1. The van der Waals surface area contributed by atoms with Crippen molar-refractivity contribution < 1.29 is 19.4 Å². The highest BCUT2D eigenvalue weighted by molar-refractivity contribution is 7.17. The molecule has 0 aliphatic carbocycles. The number of benzene rings is 1. The number of carbonyl (C=O) groups excluding carboxylic acids is 1. The van der Waals surface area contributed by atoms with E-state index in [0.717, 1.165) is 11.1 Å². The predicted octanol–water partition coefficient (Wildman–Crippen LogP) is 3.35. The van der Waals surface area contributed by atoms with E-state index in [0.29, 0.717) is 33.0 Å². The zero-order chi connectivity index (χ0) is 21.1. The molecule has 0 saturated carbocycles. The van der Waals surface area contributed by atoms with Gasteiger partial charge in [-0.2, -0.15) is 5.10 Å². The number of hydrogen-bond donors (Lipinski definition) is 3. The van der Waals surface area contributed by atoms with Gasteiger partial charge in [-0.3, -0.25) is 14.3 Å². The maximum atomic E-state index is 12.7. The number of carboxylic acids is 1. The molecule has 0 unspecified atom stereocenters. The van der Waals surface area contributed by atoms with Gasteiger partial charge in [0.1, 0.15) is 17.2 Å². The van der Waals surface area contributed by atoms with E-state index in [2.05, 4.69) is 20.7 Å². The van der Waals surface area contributed by atoms with Crippen LogP contribution in [0.15, 0.2) is 24.4 Å². The Balaban J connectivity index is 1.73. The van der Waals surface area contributed by atoms with Crippen LogP contribution in [0.25, 0.3) is 0 Å². The van der Waals surface area contributed by atoms with Gasteiger partial charge in [-0.05, 0) is 32.4 Å². The molecule has 152 valence electrons. The van der Waals surface area contributed by atoms with Crippen molar-refractivity contribution in [3.63, 3.8) is 0 Å². The topological polar surface area (TPSA) is 118 Å². The smallest absolute Gasteiger partial charge is 0.325 e. The first-order valence-corrected chi connectivity index (χ1v) is 9.54. The van der Waals surface area contributed by atoms with Crippen LogP contribution in [0.1, 0.15) is 26.5 Å². The molecule has 0 spiro atoms. The third kappa shape index (κ3) is 4.54. The van der Waals surface area contributed by atoms with Crippen LogP contribution < -0.4 is 15.4 Å². The Morgan fingerprint density at radius 1 is 1.28 bits per heavy atom. The number of aromatic nitrogens is 3. The van der Waals surface area contributed by atoms with Gasteiger partial charge in [-0.15, -0.1) is 0 Å². The minimum Gasteiger partial charge on any atom is -0.496 e. The van der Waals surface area contributed by atoms with Crippen LogP contribution in [0.4, 0.5) is 16.6 Å². The molecular weight excluding hydrogens is 394 g/mol. The van der Waals surface area contributed by atoms with E-state index in [1.54, 1.807) is 20.1 Å². The quantitative estimate of drug-likeness (QED) is 0.541. The fourth-order valence-corrected chi connectivity index (χ4v) is 3.54. The monoisotopic (exact) mass is 415 g/mol. The van der Waals surface area contributed by atoms with Crippen molar-refractivity contribution in [1.29, 1.82) is 0 Å². The molecule has 9 nitrogen and oxygen atoms in total. The van der Waals surface area contributed by atoms with E-state index in [-0.39, 0.29) is 12.5 Å². The SMILES string of the molecule is COc1ccc(C)c(NC(=O)c2cnc(Nc3cc(C)n(CC(=O)O)n3)s2)c1C. The number of carbonyl (C=O) groups is 2. The van der Waals surface area contributed by atoms with E-state index in [4.69, 9.17) is 9.84 Å². The number of methoxy groups -OCH3 is 1. The van der Waals surface area contributed by atoms with Crippen LogP contribution in [-0.4, -0.2) is 38.9 Å². The molecule has 0 atom stereocenters. The summed E-state index contributed by atoms with van der Waals surface area (Å²) in [5, 5.41) is 19.5. The summed E-state index contributed by atoms with van der Waals surface area (Å²) in [5.41, 5.74) is 3.19. The van der Waals surface area contributed by atoms with Crippen molar-refractivity contribution in [3.05, 3.63) is 46.1 Å². The van der Waals surface area contributed by atoms with Crippen molar-refractivity contribution in [2.24, 2.45) is 0 Å². The maximum Gasteiger partial charge on any atom is 0.325 e. The molecule has 10 heteroatoms. The molecular formula is C19H21N5O4S. The first-order chi connectivity index (χ1) is 13.8. The number of ether oxygens (including phenoxy) is 1. The number of carboxylic acid groups (broad SMARTS) is 1. The van der Waals surface area contributed by atoms with Crippen molar-refractivity contribution in [1.82, 2.24) is 14.8 Å². The summed E-state index contributed by atoms with van der Waals surface area (Å²) in [6.07, 6.45) is 1.48. The normalized spacial score (nSPS) is 10.6. The standard InChI is InChI=1S/C19H21N5O4S/c1-10-5-6-13(28-4)12(3)17(10)22-18(27)14-8-20-19(29-14)21-15-7-11(2)24(23-15)9-16(25)26/h5-8H,9H2,1-4H3,(H,22,27)(H,25,26)(H,20,21,23). The summed E-state index contributed by atoms with van der Waals surface area (Å²) in [7, 11) is 1.59. The number of nitrogens with zero attached hydrogens (tertiary/aromatic N) is 3. The molecule has 0 bridgehead atoms. The van der Waals surface area contributed by atoms with Gasteiger partial charge in [0.2, 0.25) is 0 Å². The largest absolute Gasteiger partial charge is 0.496 e. The Morgan fingerprint density at radius 2 is 2.03 bits per heavy atom. The van der Waals surface area contributed by atoms with Gasteiger partial charge in [-0.25, -0.2) is 4.98 Å².